The van der Waals surface area contributed by atoms with Gasteiger partial charge in [-0.15, -0.1) is 11.8 Å². The van der Waals surface area contributed by atoms with E-state index >= 15 is 0 Å². The van der Waals surface area contributed by atoms with Gasteiger partial charge in [-0.25, -0.2) is 5.84 Å². The second-order valence-corrected chi connectivity index (χ2v) is 13.9. The highest BCUT2D eigenvalue weighted by Gasteiger charge is 2.34. The van der Waals surface area contributed by atoms with E-state index in [0.717, 1.165) is 54.3 Å². The van der Waals surface area contributed by atoms with E-state index in [0.29, 0.717) is 39.2 Å². The first-order valence-corrected chi connectivity index (χ1v) is 16.6. The van der Waals surface area contributed by atoms with Gasteiger partial charge in [0.05, 0.1) is 35.2 Å². The zero-order valence-electron chi connectivity index (χ0n) is 26.4. The Morgan fingerprint density at radius 2 is 1.98 bits per heavy atom. The highest BCUT2D eigenvalue weighted by Crippen LogP contribution is 2.43. The number of benzene rings is 1. The van der Waals surface area contributed by atoms with Crippen molar-refractivity contribution in [1.29, 1.82) is 0 Å². The third-order valence-corrected chi connectivity index (χ3v) is 9.97. The number of fused-ring (bicyclic) bond motifs is 3. The number of amides is 1. The van der Waals surface area contributed by atoms with Gasteiger partial charge >= 0.3 is 0 Å². The molecule has 1 unspecified atom stereocenters. The highest BCUT2D eigenvalue weighted by atomic mass is 32.2. The lowest BCUT2D eigenvalue weighted by atomic mass is 9.83. The van der Waals surface area contributed by atoms with Crippen LogP contribution in [0.1, 0.15) is 76.6 Å². The molecule has 1 amide bonds. The molecule has 1 atom stereocenters. The van der Waals surface area contributed by atoms with Crippen LogP contribution < -0.4 is 5.84 Å². The van der Waals surface area contributed by atoms with Crippen molar-refractivity contribution in [1.82, 2.24) is 14.6 Å². The molecule has 4 heterocycles. The lowest BCUT2D eigenvalue weighted by molar-refractivity contribution is -0.131. The summed E-state index contributed by atoms with van der Waals surface area (Å²) in [6.45, 7) is 12.2. The lowest BCUT2D eigenvalue weighted by Gasteiger charge is -2.26. The van der Waals surface area contributed by atoms with Crippen LogP contribution in [0, 0.1) is 5.41 Å². The van der Waals surface area contributed by atoms with Gasteiger partial charge in [-0.3, -0.25) is 19.8 Å². The van der Waals surface area contributed by atoms with E-state index in [1.807, 2.05) is 12.3 Å². The van der Waals surface area contributed by atoms with E-state index < -0.39 is 0 Å². The van der Waals surface area contributed by atoms with E-state index in [2.05, 4.69) is 56.5 Å². The molecule has 0 saturated carbocycles. The SMILES string of the molecule is CCn1c(-c2cccnc2COC)c2c3cc(ccc31)C1(C)CSC(=N1)CCC(=O)N(N)CCCCCOCC(C)(C)C2. The van der Waals surface area contributed by atoms with Crippen molar-refractivity contribution in [3.05, 3.63) is 53.3 Å². The number of aromatic nitrogens is 2. The van der Waals surface area contributed by atoms with Crippen molar-refractivity contribution in [3.63, 3.8) is 0 Å². The van der Waals surface area contributed by atoms with E-state index in [9.17, 15) is 4.79 Å². The summed E-state index contributed by atoms with van der Waals surface area (Å²) in [5.41, 5.74) is 6.55. The Labute approximate surface area is 260 Å². The number of thioether (sulfide) groups is 1. The van der Waals surface area contributed by atoms with E-state index in [4.69, 9.17) is 25.3 Å². The Morgan fingerprint density at radius 3 is 2.77 bits per heavy atom. The van der Waals surface area contributed by atoms with Crippen molar-refractivity contribution in [3.8, 4) is 11.3 Å². The molecule has 4 bridgehead atoms. The summed E-state index contributed by atoms with van der Waals surface area (Å²) in [5.74, 6) is 6.92. The number of aryl methyl sites for hydroxylation is 1. The van der Waals surface area contributed by atoms with E-state index in [-0.39, 0.29) is 16.9 Å². The van der Waals surface area contributed by atoms with Crippen LogP contribution in [0.2, 0.25) is 0 Å². The molecule has 0 radical (unpaired) electrons. The molecule has 0 spiro atoms. The summed E-state index contributed by atoms with van der Waals surface area (Å²) in [6, 6.07) is 11.1. The van der Waals surface area contributed by atoms with Crippen LogP contribution in [-0.2, 0) is 39.4 Å². The highest BCUT2D eigenvalue weighted by molar-refractivity contribution is 8.14. The standard InChI is InChI=1S/C34H47N5O3S/c1-6-38-29-13-12-24-19-26(29)27(32(38)25-11-10-16-36-28(25)21-41-5)20-33(2,3)22-42-18-9-7-8-17-39(35)31(40)15-14-30-37-34(24,4)23-43-30/h10-13,16,19H,6-9,14-15,17-18,20-23,35H2,1-5H3. The fourth-order valence-electron chi connectivity index (χ4n) is 6.34. The maximum Gasteiger partial charge on any atom is 0.236 e. The molecule has 2 aliphatic rings. The second kappa shape index (κ2) is 13.5. The average Bonchev–Trinajstić information content (AvgIpc) is 3.52. The molecule has 43 heavy (non-hydrogen) atoms. The number of carbonyl (C=O) groups excluding carboxylic acids is 1. The topological polar surface area (TPSA) is 95.0 Å². The van der Waals surface area contributed by atoms with Gasteiger partial charge in [0.25, 0.3) is 0 Å². The summed E-state index contributed by atoms with van der Waals surface area (Å²) in [6.07, 6.45) is 6.52. The Bertz CT molecular complexity index is 1480. The number of hydrogen-bond donors (Lipinski definition) is 1. The number of methoxy groups -OCH3 is 1. The number of hydrazine groups is 1. The van der Waals surface area contributed by atoms with Gasteiger partial charge in [0.1, 0.15) is 0 Å². The molecule has 3 aromatic rings. The summed E-state index contributed by atoms with van der Waals surface area (Å²) < 4.78 is 14.3. The first-order chi connectivity index (χ1) is 20.7. The molecular formula is C34H47N5O3S. The first kappa shape index (κ1) is 31.7. The molecule has 8 nitrogen and oxygen atoms in total. The van der Waals surface area contributed by atoms with Crippen molar-refractivity contribution in [2.75, 3.05) is 32.6 Å². The molecule has 1 aromatic carbocycles. The van der Waals surface area contributed by atoms with E-state index in [1.54, 1.807) is 18.9 Å². The van der Waals surface area contributed by atoms with Crippen molar-refractivity contribution in [2.24, 2.45) is 16.3 Å². The minimum Gasteiger partial charge on any atom is -0.381 e. The number of carbonyl (C=O) groups is 1. The van der Waals surface area contributed by atoms with Gasteiger partial charge < -0.3 is 14.0 Å². The summed E-state index contributed by atoms with van der Waals surface area (Å²) in [5, 5.41) is 3.67. The minimum absolute atomic E-state index is 0.0213. The van der Waals surface area contributed by atoms with Crippen LogP contribution in [-0.4, -0.2) is 58.1 Å². The Balaban J connectivity index is 1.64. The molecule has 2 aliphatic heterocycles. The van der Waals surface area contributed by atoms with Crippen LogP contribution in [0.25, 0.3) is 22.2 Å². The van der Waals surface area contributed by atoms with Crippen LogP contribution in [0.5, 0.6) is 0 Å². The summed E-state index contributed by atoms with van der Waals surface area (Å²) in [7, 11) is 1.72. The van der Waals surface area contributed by atoms with Gasteiger partial charge in [-0.05, 0) is 80.3 Å². The third-order valence-electron chi connectivity index (χ3n) is 8.63. The summed E-state index contributed by atoms with van der Waals surface area (Å²) in [4.78, 5) is 22.6. The van der Waals surface area contributed by atoms with Gasteiger partial charge in [0, 0.05) is 68.1 Å². The Hall–Kier alpha value is -2.72. The minimum atomic E-state index is -0.361. The first-order valence-electron chi connectivity index (χ1n) is 15.6. The van der Waals surface area contributed by atoms with Crippen LogP contribution in [0.3, 0.4) is 0 Å². The zero-order valence-corrected chi connectivity index (χ0v) is 27.3. The van der Waals surface area contributed by atoms with E-state index in [1.165, 1.54) is 32.7 Å². The largest absolute Gasteiger partial charge is 0.381 e. The monoisotopic (exact) mass is 605 g/mol. The molecule has 5 rings (SSSR count). The van der Waals surface area contributed by atoms with Crippen LogP contribution in [0.4, 0.5) is 0 Å². The lowest BCUT2D eigenvalue weighted by Crippen LogP contribution is -2.38. The normalized spacial score (nSPS) is 22.2. The molecular weight excluding hydrogens is 558 g/mol. The van der Waals surface area contributed by atoms with Crippen molar-refractivity contribution in [2.45, 2.75) is 84.9 Å². The Kier molecular flexibility index (Phi) is 9.96. The van der Waals surface area contributed by atoms with Gasteiger partial charge in [0.2, 0.25) is 5.91 Å². The number of aliphatic imine (C=N–C) groups is 1. The molecule has 232 valence electrons. The maximum absolute atomic E-state index is 12.7. The molecule has 2 aromatic heterocycles. The molecule has 2 N–H and O–H groups in total. The third kappa shape index (κ3) is 7.00. The number of pyridine rings is 1. The quantitative estimate of drug-likeness (QED) is 0.270. The van der Waals surface area contributed by atoms with Crippen LogP contribution >= 0.6 is 11.8 Å². The van der Waals surface area contributed by atoms with Gasteiger partial charge in [0.15, 0.2) is 0 Å². The number of rotatable bonds is 4. The second-order valence-electron chi connectivity index (χ2n) is 12.8. The smallest absolute Gasteiger partial charge is 0.236 e. The molecule has 9 heteroatoms. The number of nitrogens with zero attached hydrogens (tertiary/aromatic N) is 4. The van der Waals surface area contributed by atoms with Crippen LogP contribution in [0.15, 0.2) is 41.5 Å². The maximum atomic E-state index is 12.7. The van der Waals surface area contributed by atoms with Gasteiger partial charge in [-0.2, -0.15) is 0 Å². The van der Waals surface area contributed by atoms with Crippen molar-refractivity contribution < 1.29 is 14.3 Å². The average molecular weight is 606 g/mol. The number of ether oxygens (including phenoxy) is 2. The predicted molar refractivity (Wildman–Crippen MR) is 176 cm³/mol. The predicted octanol–water partition coefficient (Wildman–Crippen LogP) is 6.48. The summed E-state index contributed by atoms with van der Waals surface area (Å²) >= 11 is 1.76. The molecule has 0 aliphatic carbocycles. The van der Waals surface area contributed by atoms with Gasteiger partial charge in [-0.1, -0.05) is 19.9 Å². The fourth-order valence-corrected chi connectivity index (χ4v) is 7.53. The fraction of sp³-hybridized carbons (Fsp3) is 0.559. The number of hydrogen-bond acceptors (Lipinski definition) is 7. The molecule has 0 fully saturated rings. The number of nitrogens with two attached hydrogens (primary N) is 1. The molecule has 0 saturated heterocycles. The zero-order chi connectivity index (χ0) is 30.6. The van der Waals surface area contributed by atoms with Crippen molar-refractivity contribution >= 4 is 33.6 Å². The Morgan fingerprint density at radius 1 is 1.14 bits per heavy atom.